The van der Waals surface area contributed by atoms with E-state index in [1.165, 1.54) is 32.1 Å². The van der Waals surface area contributed by atoms with Gasteiger partial charge in [0.2, 0.25) is 0 Å². The average molecular weight is 255 g/mol. The van der Waals surface area contributed by atoms with Crippen LogP contribution in [0.1, 0.15) is 32.1 Å². The SMILES string of the molecule is Nc1cccc2c(NCC3CCCCC3)ccnc12. The van der Waals surface area contributed by atoms with Gasteiger partial charge in [-0.05, 0) is 30.9 Å². The summed E-state index contributed by atoms with van der Waals surface area (Å²) in [5, 5.41) is 4.71. The predicted molar refractivity (Wildman–Crippen MR) is 81.2 cm³/mol. The van der Waals surface area contributed by atoms with E-state index in [-0.39, 0.29) is 0 Å². The van der Waals surface area contributed by atoms with Gasteiger partial charge in [-0.2, -0.15) is 0 Å². The standard InChI is InChI=1S/C16H21N3/c17-14-8-4-7-13-15(9-10-18-16(13)14)19-11-12-5-2-1-3-6-12/h4,7-10,12H,1-3,5-6,11,17H2,(H,18,19). The van der Waals surface area contributed by atoms with Crippen molar-refractivity contribution in [3.63, 3.8) is 0 Å². The van der Waals surface area contributed by atoms with E-state index < -0.39 is 0 Å². The lowest BCUT2D eigenvalue weighted by atomic mass is 9.89. The lowest BCUT2D eigenvalue weighted by Gasteiger charge is -2.22. The number of nitrogens with two attached hydrogens (primary N) is 1. The highest BCUT2D eigenvalue weighted by Gasteiger charge is 2.13. The summed E-state index contributed by atoms with van der Waals surface area (Å²) in [6.45, 7) is 1.06. The Labute approximate surface area is 114 Å². The van der Waals surface area contributed by atoms with Crippen LogP contribution in [-0.4, -0.2) is 11.5 Å². The van der Waals surface area contributed by atoms with Crippen LogP contribution in [0.15, 0.2) is 30.5 Å². The van der Waals surface area contributed by atoms with Crippen molar-refractivity contribution >= 4 is 22.3 Å². The van der Waals surface area contributed by atoms with Gasteiger partial charge in [0.1, 0.15) is 0 Å². The smallest absolute Gasteiger partial charge is 0.0951 e. The largest absolute Gasteiger partial charge is 0.397 e. The number of aromatic nitrogens is 1. The van der Waals surface area contributed by atoms with Crippen molar-refractivity contribution in [3.05, 3.63) is 30.5 Å². The van der Waals surface area contributed by atoms with Crippen LogP contribution in [0.25, 0.3) is 10.9 Å². The molecule has 0 unspecified atom stereocenters. The molecule has 1 aliphatic rings. The lowest BCUT2D eigenvalue weighted by Crippen LogP contribution is -2.17. The fourth-order valence-corrected chi connectivity index (χ4v) is 3.00. The first-order chi connectivity index (χ1) is 9.34. The first-order valence-corrected chi connectivity index (χ1v) is 7.21. The van der Waals surface area contributed by atoms with Crippen LogP contribution in [0.2, 0.25) is 0 Å². The van der Waals surface area contributed by atoms with Gasteiger partial charge < -0.3 is 11.1 Å². The molecule has 3 heteroatoms. The lowest BCUT2D eigenvalue weighted by molar-refractivity contribution is 0.373. The molecule has 0 spiro atoms. The maximum Gasteiger partial charge on any atom is 0.0951 e. The van der Waals surface area contributed by atoms with Crippen molar-refractivity contribution in [2.24, 2.45) is 5.92 Å². The second-order valence-electron chi connectivity index (χ2n) is 5.49. The molecule has 0 bridgehead atoms. The Kier molecular flexibility index (Phi) is 3.53. The molecule has 3 N–H and O–H groups in total. The molecule has 0 saturated heterocycles. The quantitative estimate of drug-likeness (QED) is 0.820. The zero-order valence-electron chi connectivity index (χ0n) is 11.2. The van der Waals surface area contributed by atoms with Gasteiger partial charge in [0.25, 0.3) is 0 Å². The summed E-state index contributed by atoms with van der Waals surface area (Å²) < 4.78 is 0. The van der Waals surface area contributed by atoms with Crippen LogP contribution in [0.3, 0.4) is 0 Å². The van der Waals surface area contributed by atoms with Crippen molar-refractivity contribution in [1.29, 1.82) is 0 Å². The van der Waals surface area contributed by atoms with E-state index in [1.54, 1.807) is 0 Å². The molecule has 1 heterocycles. The fraction of sp³-hybridized carbons (Fsp3) is 0.438. The van der Waals surface area contributed by atoms with Gasteiger partial charge in [0.15, 0.2) is 0 Å². The fourth-order valence-electron chi connectivity index (χ4n) is 3.00. The van der Waals surface area contributed by atoms with Crippen LogP contribution in [0, 0.1) is 5.92 Å². The van der Waals surface area contributed by atoms with Crippen molar-refractivity contribution in [3.8, 4) is 0 Å². The minimum Gasteiger partial charge on any atom is -0.397 e. The van der Waals surface area contributed by atoms with Gasteiger partial charge >= 0.3 is 0 Å². The molecular weight excluding hydrogens is 234 g/mol. The number of rotatable bonds is 3. The summed E-state index contributed by atoms with van der Waals surface area (Å²) in [7, 11) is 0. The first-order valence-electron chi connectivity index (χ1n) is 7.21. The number of benzene rings is 1. The number of anilines is 2. The molecule has 100 valence electrons. The summed E-state index contributed by atoms with van der Waals surface area (Å²) in [6, 6.07) is 8.03. The highest BCUT2D eigenvalue weighted by molar-refractivity contribution is 5.97. The number of nitrogen functional groups attached to an aromatic ring is 1. The van der Waals surface area contributed by atoms with Gasteiger partial charge in [0.05, 0.1) is 11.2 Å². The van der Waals surface area contributed by atoms with Crippen LogP contribution in [0.5, 0.6) is 0 Å². The maximum absolute atomic E-state index is 5.97. The van der Waals surface area contributed by atoms with E-state index >= 15 is 0 Å². The van der Waals surface area contributed by atoms with Gasteiger partial charge in [0, 0.05) is 23.8 Å². The third-order valence-corrected chi connectivity index (χ3v) is 4.11. The molecule has 1 aromatic heterocycles. The number of hydrogen-bond donors (Lipinski definition) is 2. The molecule has 1 fully saturated rings. The molecule has 3 nitrogen and oxygen atoms in total. The Morgan fingerprint density at radius 3 is 2.84 bits per heavy atom. The first kappa shape index (κ1) is 12.3. The summed E-state index contributed by atoms with van der Waals surface area (Å²) in [5.74, 6) is 0.818. The zero-order valence-corrected chi connectivity index (χ0v) is 11.2. The van der Waals surface area contributed by atoms with Crippen molar-refractivity contribution in [2.75, 3.05) is 17.6 Å². The Bertz CT molecular complexity index is 559. The van der Waals surface area contributed by atoms with E-state index in [9.17, 15) is 0 Å². The summed E-state index contributed by atoms with van der Waals surface area (Å²) in [5.41, 5.74) is 8.78. The zero-order chi connectivity index (χ0) is 13.1. The molecule has 0 amide bonds. The molecule has 0 radical (unpaired) electrons. The van der Waals surface area contributed by atoms with Gasteiger partial charge in [-0.1, -0.05) is 31.4 Å². The van der Waals surface area contributed by atoms with Crippen LogP contribution < -0.4 is 11.1 Å². The molecule has 1 aliphatic carbocycles. The van der Waals surface area contributed by atoms with E-state index in [0.29, 0.717) is 0 Å². The van der Waals surface area contributed by atoms with Crippen LogP contribution >= 0.6 is 0 Å². The van der Waals surface area contributed by atoms with E-state index in [2.05, 4.69) is 16.4 Å². The number of fused-ring (bicyclic) bond motifs is 1. The van der Waals surface area contributed by atoms with Crippen molar-refractivity contribution in [1.82, 2.24) is 4.98 Å². The molecule has 0 atom stereocenters. The number of para-hydroxylation sites is 1. The Morgan fingerprint density at radius 1 is 1.16 bits per heavy atom. The number of pyridine rings is 1. The third kappa shape index (κ3) is 2.65. The Morgan fingerprint density at radius 2 is 2.00 bits per heavy atom. The monoisotopic (exact) mass is 255 g/mol. The minimum atomic E-state index is 0.749. The van der Waals surface area contributed by atoms with Gasteiger partial charge in [-0.15, -0.1) is 0 Å². The van der Waals surface area contributed by atoms with Crippen LogP contribution in [-0.2, 0) is 0 Å². The van der Waals surface area contributed by atoms with E-state index in [1.807, 2.05) is 24.4 Å². The number of nitrogens with zero attached hydrogens (tertiary/aromatic N) is 1. The highest BCUT2D eigenvalue weighted by Crippen LogP contribution is 2.27. The second kappa shape index (κ2) is 5.47. The molecule has 3 rings (SSSR count). The Balaban J connectivity index is 1.79. The molecule has 19 heavy (non-hydrogen) atoms. The maximum atomic E-state index is 5.97. The van der Waals surface area contributed by atoms with Gasteiger partial charge in [-0.25, -0.2) is 0 Å². The molecule has 1 saturated carbocycles. The number of hydrogen-bond acceptors (Lipinski definition) is 3. The molecular formula is C16H21N3. The number of nitrogens with one attached hydrogen (secondary N) is 1. The second-order valence-corrected chi connectivity index (χ2v) is 5.49. The Hall–Kier alpha value is -1.77. The van der Waals surface area contributed by atoms with E-state index in [0.717, 1.165) is 34.7 Å². The van der Waals surface area contributed by atoms with E-state index in [4.69, 9.17) is 5.73 Å². The summed E-state index contributed by atoms with van der Waals surface area (Å²) >= 11 is 0. The topological polar surface area (TPSA) is 50.9 Å². The van der Waals surface area contributed by atoms with Crippen LogP contribution in [0.4, 0.5) is 11.4 Å². The highest BCUT2D eigenvalue weighted by atomic mass is 14.9. The summed E-state index contributed by atoms with van der Waals surface area (Å²) in [6.07, 6.45) is 8.73. The van der Waals surface area contributed by atoms with Gasteiger partial charge in [-0.3, -0.25) is 4.98 Å². The molecule has 1 aromatic carbocycles. The molecule has 2 aromatic rings. The molecule has 0 aliphatic heterocycles. The summed E-state index contributed by atoms with van der Waals surface area (Å²) in [4.78, 5) is 4.37. The van der Waals surface area contributed by atoms with Crippen molar-refractivity contribution in [2.45, 2.75) is 32.1 Å². The average Bonchev–Trinajstić information content (AvgIpc) is 2.47. The third-order valence-electron chi connectivity index (χ3n) is 4.11. The normalized spacial score (nSPS) is 16.6. The predicted octanol–water partition coefficient (Wildman–Crippen LogP) is 3.81. The minimum absolute atomic E-state index is 0.749. The van der Waals surface area contributed by atoms with Crippen molar-refractivity contribution < 1.29 is 0 Å².